The zero-order valence-electron chi connectivity index (χ0n) is 13.3. The Morgan fingerprint density at radius 3 is 2.95 bits per heavy atom. The third kappa shape index (κ3) is 2.76. The highest BCUT2D eigenvalue weighted by Gasteiger charge is 2.25. The van der Waals surface area contributed by atoms with E-state index in [2.05, 4.69) is 32.6 Å². The van der Waals surface area contributed by atoms with E-state index in [0.29, 0.717) is 18.3 Å². The van der Waals surface area contributed by atoms with Gasteiger partial charge in [0.05, 0.1) is 17.9 Å². The highest BCUT2D eigenvalue weighted by atomic mass is 16.1. The number of H-pyrrole nitrogens is 1. The van der Waals surface area contributed by atoms with Crippen LogP contribution in [0.15, 0.2) is 12.3 Å². The minimum absolute atomic E-state index is 0.161. The van der Waals surface area contributed by atoms with Gasteiger partial charge in [-0.15, -0.1) is 0 Å². The molecule has 0 bridgehead atoms. The van der Waals surface area contributed by atoms with E-state index in [1.807, 2.05) is 20.0 Å². The van der Waals surface area contributed by atoms with Crippen LogP contribution in [0.25, 0.3) is 0 Å². The first-order valence-electron chi connectivity index (χ1n) is 7.57. The summed E-state index contributed by atoms with van der Waals surface area (Å²) in [7, 11) is 3.99. The predicted molar refractivity (Wildman–Crippen MR) is 82.3 cm³/mol. The van der Waals surface area contributed by atoms with Gasteiger partial charge in [0, 0.05) is 24.8 Å². The molecule has 7 heteroatoms. The molecule has 1 fully saturated rings. The van der Waals surface area contributed by atoms with E-state index in [4.69, 9.17) is 0 Å². The van der Waals surface area contributed by atoms with Crippen molar-refractivity contribution in [1.82, 2.24) is 30.2 Å². The molecule has 1 aliphatic heterocycles. The Morgan fingerprint density at radius 1 is 1.50 bits per heavy atom. The molecule has 3 rings (SSSR count). The molecule has 0 spiro atoms. The van der Waals surface area contributed by atoms with E-state index in [1.54, 1.807) is 10.9 Å². The average Bonchev–Trinajstić information content (AvgIpc) is 3.20. The van der Waals surface area contributed by atoms with Gasteiger partial charge >= 0.3 is 0 Å². The van der Waals surface area contributed by atoms with Gasteiger partial charge in [0.25, 0.3) is 5.91 Å². The van der Waals surface area contributed by atoms with Crippen molar-refractivity contribution in [2.75, 3.05) is 13.6 Å². The monoisotopic (exact) mass is 302 g/mol. The Kier molecular flexibility index (Phi) is 3.98. The molecule has 1 unspecified atom stereocenters. The Hall–Kier alpha value is -2.15. The van der Waals surface area contributed by atoms with E-state index in [-0.39, 0.29) is 5.91 Å². The summed E-state index contributed by atoms with van der Waals surface area (Å²) >= 11 is 0. The highest BCUT2D eigenvalue weighted by molar-refractivity contribution is 5.92. The van der Waals surface area contributed by atoms with E-state index < -0.39 is 0 Å². The molecule has 3 heterocycles. The number of carbonyl (C=O) groups excluding carboxylic acids is 1. The summed E-state index contributed by atoms with van der Waals surface area (Å²) in [5, 5.41) is 14.2. The van der Waals surface area contributed by atoms with Gasteiger partial charge in [-0.2, -0.15) is 10.2 Å². The number of rotatable bonds is 4. The lowest BCUT2D eigenvalue weighted by atomic mass is 10.1. The van der Waals surface area contributed by atoms with Crippen molar-refractivity contribution in [3.63, 3.8) is 0 Å². The molecular weight excluding hydrogens is 280 g/mol. The fraction of sp³-hybridized carbons (Fsp3) is 0.533. The minimum Gasteiger partial charge on any atom is -0.346 e. The molecule has 0 radical (unpaired) electrons. The van der Waals surface area contributed by atoms with E-state index in [1.165, 1.54) is 6.42 Å². The Labute approximate surface area is 129 Å². The Balaban J connectivity index is 1.63. The smallest absolute Gasteiger partial charge is 0.272 e. The average molecular weight is 302 g/mol. The SMILES string of the molecule is Cc1c(CNC(=O)c2cc(C3CCCN3C)[nH]n2)cnn1C. The maximum atomic E-state index is 12.2. The van der Waals surface area contributed by atoms with Gasteiger partial charge < -0.3 is 5.32 Å². The molecule has 7 nitrogen and oxygen atoms in total. The fourth-order valence-corrected chi connectivity index (χ4v) is 2.91. The van der Waals surface area contributed by atoms with Gasteiger partial charge in [0.15, 0.2) is 0 Å². The number of amides is 1. The summed E-state index contributed by atoms with van der Waals surface area (Å²) in [5.74, 6) is -0.161. The topological polar surface area (TPSA) is 78.8 Å². The number of hydrogen-bond donors (Lipinski definition) is 2. The van der Waals surface area contributed by atoms with Crippen LogP contribution in [-0.2, 0) is 13.6 Å². The van der Waals surface area contributed by atoms with Gasteiger partial charge in [0.1, 0.15) is 5.69 Å². The van der Waals surface area contributed by atoms with Gasteiger partial charge in [-0.3, -0.25) is 19.5 Å². The number of hydrogen-bond acceptors (Lipinski definition) is 4. The highest BCUT2D eigenvalue weighted by Crippen LogP contribution is 2.29. The number of aromatic amines is 1. The van der Waals surface area contributed by atoms with Crippen LogP contribution in [0.3, 0.4) is 0 Å². The van der Waals surface area contributed by atoms with E-state index in [9.17, 15) is 4.79 Å². The van der Waals surface area contributed by atoms with Gasteiger partial charge in [0.2, 0.25) is 0 Å². The summed E-state index contributed by atoms with van der Waals surface area (Å²) in [4.78, 5) is 14.5. The van der Waals surface area contributed by atoms with Crippen molar-refractivity contribution in [3.8, 4) is 0 Å². The van der Waals surface area contributed by atoms with Crippen molar-refractivity contribution < 1.29 is 4.79 Å². The predicted octanol–water partition coefficient (Wildman–Crippen LogP) is 1.15. The normalized spacial score (nSPS) is 18.8. The van der Waals surface area contributed by atoms with Crippen LogP contribution in [0.2, 0.25) is 0 Å². The maximum absolute atomic E-state index is 12.2. The molecule has 118 valence electrons. The minimum atomic E-state index is -0.161. The summed E-state index contributed by atoms with van der Waals surface area (Å²) in [6, 6.07) is 2.20. The molecule has 2 aromatic rings. The summed E-state index contributed by atoms with van der Waals surface area (Å²) in [6.45, 7) is 3.53. The first kappa shape index (κ1) is 14.8. The summed E-state index contributed by atoms with van der Waals surface area (Å²) < 4.78 is 1.80. The molecule has 22 heavy (non-hydrogen) atoms. The second-order valence-corrected chi connectivity index (χ2v) is 5.91. The van der Waals surface area contributed by atoms with Crippen LogP contribution >= 0.6 is 0 Å². The van der Waals surface area contributed by atoms with Crippen LogP contribution in [-0.4, -0.2) is 44.4 Å². The number of nitrogens with one attached hydrogen (secondary N) is 2. The largest absolute Gasteiger partial charge is 0.346 e. The lowest BCUT2D eigenvalue weighted by Gasteiger charge is -2.16. The lowest BCUT2D eigenvalue weighted by Crippen LogP contribution is -2.23. The number of nitrogens with zero attached hydrogens (tertiary/aromatic N) is 4. The zero-order valence-corrected chi connectivity index (χ0v) is 13.3. The molecule has 0 saturated carbocycles. The van der Waals surface area contributed by atoms with E-state index in [0.717, 1.165) is 29.9 Å². The van der Waals surface area contributed by atoms with E-state index >= 15 is 0 Å². The Bertz CT molecular complexity index is 673. The van der Waals surface area contributed by atoms with Gasteiger partial charge in [-0.25, -0.2) is 0 Å². The second-order valence-electron chi connectivity index (χ2n) is 5.91. The van der Waals surface area contributed by atoms with Gasteiger partial charge in [-0.05, 0) is 39.4 Å². The fourth-order valence-electron chi connectivity index (χ4n) is 2.91. The molecule has 1 atom stereocenters. The molecular formula is C15H22N6O. The van der Waals surface area contributed by atoms with Crippen molar-refractivity contribution in [2.24, 2.45) is 7.05 Å². The molecule has 2 aromatic heterocycles. The van der Waals surface area contributed by atoms with Crippen molar-refractivity contribution in [2.45, 2.75) is 32.4 Å². The number of carbonyl (C=O) groups is 1. The molecule has 1 saturated heterocycles. The van der Waals surface area contributed by atoms with Crippen LogP contribution in [0.4, 0.5) is 0 Å². The number of likely N-dealkylation sites (tertiary alicyclic amines) is 1. The van der Waals surface area contributed by atoms with Crippen molar-refractivity contribution in [1.29, 1.82) is 0 Å². The maximum Gasteiger partial charge on any atom is 0.272 e. The molecule has 2 N–H and O–H groups in total. The standard InChI is InChI=1S/C15H22N6O/c1-10-11(9-17-21(10)3)8-16-15(22)13-7-12(18-19-13)14-5-4-6-20(14)2/h7,9,14H,4-6,8H2,1-3H3,(H,16,22)(H,18,19). The van der Waals surface area contributed by atoms with Crippen molar-refractivity contribution in [3.05, 3.63) is 34.9 Å². The lowest BCUT2D eigenvalue weighted by molar-refractivity contribution is 0.0946. The van der Waals surface area contributed by atoms with Crippen LogP contribution < -0.4 is 5.32 Å². The molecule has 0 aliphatic carbocycles. The zero-order chi connectivity index (χ0) is 15.7. The quantitative estimate of drug-likeness (QED) is 0.888. The molecule has 1 amide bonds. The van der Waals surface area contributed by atoms with Crippen molar-refractivity contribution >= 4 is 5.91 Å². The van der Waals surface area contributed by atoms with Gasteiger partial charge in [-0.1, -0.05) is 0 Å². The van der Waals surface area contributed by atoms with Crippen LogP contribution in [0.1, 0.15) is 46.3 Å². The summed E-state index contributed by atoms with van der Waals surface area (Å²) in [6.07, 6.45) is 4.07. The first-order chi connectivity index (χ1) is 10.6. The Morgan fingerprint density at radius 2 is 2.32 bits per heavy atom. The third-order valence-electron chi connectivity index (χ3n) is 4.49. The molecule has 1 aliphatic rings. The number of aryl methyl sites for hydroxylation is 1. The second kappa shape index (κ2) is 5.92. The number of aromatic nitrogens is 4. The first-order valence-corrected chi connectivity index (χ1v) is 7.57. The summed E-state index contributed by atoms with van der Waals surface area (Å²) in [5.41, 5.74) is 3.53. The van der Waals surface area contributed by atoms with Crippen LogP contribution in [0, 0.1) is 6.92 Å². The third-order valence-corrected chi connectivity index (χ3v) is 4.49. The van der Waals surface area contributed by atoms with Crippen LogP contribution in [0.5, 0.6) is 0 Å². The molecule has 0 aromatic carbocycles.